The summed E-state index contributed by atoms with van der Waals surface area (Å²) in [6.45, 7) is 9.93. The van der Waals surface area contributed by atoms with Crippen molar-refractivity contribution >= 4 is 67.1 Å². The number of unbranched alkanes of at least 4 members (excludes halogenated alkanes) is 1. The Morgan fingerprint density at radius 3 is 1.32 bits per heavy atom. The lowest BCUT2D eigenvalue weighted by molar-refractivity contribution is -0.131. The van der Waals surface area contributed by atoms with Gasteiger partial charge in [0.1, 0.15) is 0 Å². The van der Waals surface area contributed by atoms with Crippen LogP contribution in [0.3, 0.4) is 0 Å². The van der Waals surface area contributed by atoms with Gasteiger partial charge in [-0.2, -0.15) is 0 Å². The minimum atomic E-state index is -3.87. The quantitative estimate of drug-likeness (QED) is 0.0522. The van der Waals surface area contributed by atoms with Crippen LogP contribution in [-0.4, -0.2) is 152 Å². The fraction of sp³-hybridized carbons (Fsp3) is 0.500. The predicted molar refractivity (Wildman–Crippen MR) is 303 cm³/mol. The first-order valence-corrected chi connectivity index (χ1v) is 30.7. The zero-order valence-corrected chi connectivity index (χ0v) is 48.2. The molecule has 4 aliphatic heterocycles. The summed E-state index contributed by atoms with van der Waals surface area (Å²) in [5.74, 6) is -0.275. The molecule has 0 radical (unpaired) electrons. The van der Waals surface area contributed by atoms with Crippen LogP contribution in [0.25, 0.3) is 0 Å². The Balaban J connectivity index is 0.645. The van der Waals surface area contributed by atoms with Gasteiger partial charge in [0.05, 0.1) is 9.79 Å². The van der Waals surface area contributed by atoms with E-state index in [-0.39, 0.29) is 71.4 Å². The van der Waals surface area contributed by atoms with E-state index < -0.39 is 32.1 Å². The number of nitrogens with zero attached hydrogens (tertiary/aromatic N) is 4. The Morgan fingerprint density at radius 2 is 0.923 bits per heavy atom. The number of hydrogen-bond donors (Lipinski definition) is 6. The summed E-state index contributed by atoms with van der Waals surface area (Å²) >= 11 is 12.9. The standard InChI is InChI=1S/C56H74Cl2N10O8S2/c1-37-25-41(57)29-47-49(37)33-65(3)35-51(47)39-11-7-13-45(27-39)77(73,74)63-43-17-23-67(31-43)53(69)15-9-21-61-55(71)59-19-5-6-20-60-56(72)62-22-10-16-54(70)68-24-18-44(32-68)64-78(75,76)46-14-8-12-40(28-46)52-36-66(4)34-50-38(2)26-42(58)30-48(50)52/h7-8,11-14,25-30,43-44,51-52,63-64H,5-6,9-10,15-24,31-36H2,1-4H3,(H2,59,61,71)(H2,60,62,72)/t43-,44-,51?,52?/m0/s1. The topological polar surface area (TPSA) is 222 Å². The van der Waals surface area contributed by atoms with Gasteiger partial charge in [-0.05, 0) is 160 Å². The fourth-order valence-electron chi connectivity index (χ4n) is 11.2. The zero-order valence-electron chi connectivity index (χ0n) is 45.0. The Hall–Kier alpha value is -5.32. The fourth-order valence-corrected chi connectivity index (χ4v) is 14.4. The molecule has 4 aromatic rings. The van der Waals surface area contributed by atoms with Gasteiger partial charge in [-0.1, -0.05) is 47.5 Å². The summed E-state index contributed by atoms with van der Waals surface area (Å²) < 4.78 is 60.1. The maximum Gasteiger partial charge on any atom is 0.314 e. The molecule has 22 heteroatoms. The first-order valence-electron chi connectivity index (χ1n) is 27.0. The Labute approximate surface area is 469 Å². The van der Waals surface area contributed by atoms with Gasteiger partial charge in [0, 0.05) is 125 Å². The highest BCUT2D eigenvalue weighted by Crippen LogP contribution is 2.39. The SMILES string of the molecule is Cc1cc(Cl)cc2c1CN(C)CC2c1cccc(S(=O)(=O)N[C@H]2CCN(C(=O)CCCNC(=O)NCCCCNC(=O)NCCCC(=O)N3CC[C@H](NS(=O)(=O)c4cccc(C5CN(C)Cc6c(C)cc(Cl)cc65)c4)C3)C2)c1. The summed E-state index contributed by atoms with van der Waals surface area (Å²) in [7, 11) is -3.62. The summed E-state index contributed by atoms with van der Waals surface area (Å²) in [5.41, 5.74) is 8.67. The number of nitrogens with one attached hydrogen (secondary N) is 6. The first-order chi connectivity index (χ1) is 37.2. The molecule has 0 aromatic heterocycles. The molecule has 4 aromatic carbocycles. The van der Waals surface area contributed by atoms with Crippen molar-refractivity contribution in [3.8, 4) is 0 Å². The van der Waals surface area contributed by atoms with Crippen molar-refractivity contribution in [1.82, 2.24) is 50.3 Å². The minimum absolute atomic E-state index is 0.0368. The van der Waals surface area contributed by atoms with Crippen LogP contribution in [0.4, 0.5) is 9.59 Å². The van der Waals surface area contributed by atoms with Crippen molar-refractivity contribution in [1.29, 1.82) is 0 Å². The Bertz CT molecular complexity index is 2870. The molecule has 0 aliphatic carbocycles. The maximum atomic E-state index is 13.6. The van der Waals surface area contributed by atoms with Gasteiger partial charge in [0.15, 0.2) is 0 Å². The molecule has 0 spiro atoms. The number of likely N-dealkylation sites (N-methyl/N-ethyl adjacent to an activating group) is 2. The number of carbonyl (C=O) groups is 4. The van der Waals surface area contributed by atoms with E-state index in [2.05, 4.69) is 54.6 Å². The van der Waals surface area contributed by atoms with Crippen LogP contribution in [0.2, 0.25) is 10.0 Å². The minimum Gasteiger partial charge on any atom is -0.341 e. The summed E-state index contributed by atoms with van der Waals surface area (Å²) in [6.07, 6.45) is 3.50. The van der Waals surface area contributed by atoms with Crippen LogP contribution >= 0.6 is 23.2 Å². The Morgan fingerprint density at radius 1 is 0.538 bits per heavy atom. The van der Waals surface area contributed by atoms with Gasteiger partial charge < -0.3 is 40.9 Å². The van der Waals surface area contributed by atoms with E-state index in [4.69, 9.17) is 23.2 Å². The number of aryl methyl sites for hydroxylation is 2. The highest BCUT2D eigenvalue weighted by molar-refractivity contribution is 7.89. The van der Waals surface area contributed by atoms with Gasteiger partial charge in [-0.3, -0.25) is 9.59 Å². The second-order valence-corrected chi connectivity index (χ2v) is 25.7. The van der Waals surface area contributed by atoms with Crippen molar-refractivity contribution in [3.63, 3.8) is 0 Å². The largest absolute Gasteiger partial charge is 0.341 e. The van der Waals surface area contributed by atoms with Crippen molar-refractivity contribution in [2.75, 3.05) is 79.5 Å². The summed E-state index contributed by atoms with van der Waals surface area (Å²) in [4.78, 5) is 58.9. The molecule has 4 aliphatic rings. The van der Waals surface area contributed by atoms with Crippen LogP contribution in [0.15, 0.2) is 82.6 Å². The monoisotopic (exact) mass is 1150 g/mol. The molecule has 0 bridgehead atoms. The van der Waals surface area contributed by atoms with E-state index in [0.29, 0.717) is 87.8 Å². The number of carbonyl (C=O) groups excluding carboxylic acids is 4. The third kappa shape index (κ3) is 15.3. The number of rotatable bonds is 21. The molecule has 4 heterocycles. The number of likely N-dealkylation sites (tertiary alicyclic amines) is 2. The summed E-state index contributed by atoms with van der Waals surface area (Å²) in [6, 6.07) is 20.5. The highest BCUT2D eigenvalue weighted by Gasteiger charge is 2.34. The van der Waals surface area contributed by atoms with Crippen LogP contribution in [0.5, 0.6) is 0 Å². The van der Waals surface area contributed by atoms with Gasteiger partial charge in [-0.15, -0.1) is 0 Å². The molecule has 422 valence electrons. The molecule has 18 nitrogen and oxygen atoms in total. The van der Waals surface area contributed by atoms with Crippen LogP contribution < -0.4 is 30.7 Å². The predicted octanol–water partition coefficient (Wildman–Crippen LogP) is 6.16. The molecule has 2 unspecified atom stereocenters. The smallest absolute Gasteiger partial charge is 0.314 e. The average molecular weight is 1150 g/mol. The van der Waals surface area contributed by atoms with Crippen molar-refractivity contribution in [2.24, 2.45) is 0 Å². The van der Waals surface area contributed by atoms with Crippen molar-refractivity contribution in [3.05, 3.63) is 127 Å². The summed E-state index contributed by atoms with van der Waals surface area (Å²) in [5, 5.41) is 12.4. The number of hydrogen-bond acceptors (Lipinski definition) is 10. The van der Waals surface area contributed by atoms with Crippen molar-refractivity contribution in [2.45, 2.75) is 112 Å². The van der Waals surface area contributed by atoms with Crippen molar-refractivity contribution < 1.29 is 36.0 Å². The molecule has 78 heavy (non-hydrogen) atoms. The third-order valence-corrected chi connectivity index (χ3v) is 18.8. The van der Waals surface area contributed by atoms with Gasteiger partial charge >= 0.3 is 12.1 Å². The molecular formula is C56H74Cl2N10O8S2. The van der Waals surface area contributed by atoms with E-state index in [1.165, 1.54) is 11.1 Å². The Kier molecular flexibility index (Phi) is 19.8. The lowest BCUT2D eigenvalue weighted by atomic mass is 9.83. The van der Waals surface area contributed by atoms with Gasteiger partial charge in [-0.25, -0.2) is 35.9 Å². The number of fused-ring (bicyclic) bond motifs is 2. The molecule has 8 rings (SSSR count). The lowest BCUT2D eigenvalue weighted by Gasteiger charge is -2.34. The average Bonchev–Trinajstić information content (AvgIpc) is 4.07. The number of amides is 6. The van der Waals surface area contributed by atoms with E-state index >= 15 is 0 Å². The van der Waals surface area contributed by atoms with Crippen LogP contribution in [0, 0.1) is 13.8 Å². The highest BCUT2D eigenvalue weighted by atomic mass is 35.5. The van der Waals surface area contributed by atoms with E-state index in [1.807, 2.05) is 50.2 Å². The van der Waals surface area contributed by atoms with E-state index in [9.17, 15) is 36.0 Å². The van der Waals surface area contributed by atoms with E-state index in [0.717, 1.165) is 59.6 Å². The molecule has 0 saturated carbocycles. The maximum absolute atomic E-state index is 13.6. The first kappa shape index (κ1) is 58.8. The number of halogens is 2. The van der Waals surface area contributed by atoms with Crippen LogP contribution in [-0.2, 0) is 42.7 Å². The molecule has 2 saturated heterocycles. The molecule has 6 amide bonds. The van der Waals surface area contributed by atoms with Gasteiger partial charge in [0.25, 0.3) is 0 Å². The zero-order chi connectivity index (χ0) is 55.7. The van der Waals surface area contributed by atoms with Crippen LogP contribution in [0.1, 0.15) is 108 Å². The second kappa shape index (κ2) is 26.3. The second-order valence-electron chi connectivity index (χ2n) is 21.4. The number of urea groups is 2. The number of sulfonamides is 2. The van der Waals surface area contributed by atoms with Gasteiger partial charge in [0.2, 0.25) is 31.9 Å². The molecule has 6 N–H and O–H groups in total. The molecule has 4 atom stereocenters. The normalized spacial score (nSPS) is 19.8. The third-order valence-electron chi connectivity index (χ3n) is 15.3. The van der Waals surface area contributed by atoms with E-state index in [1.54, 1.807) is 46.2 Å². The number of benzene rings is 4. The molecule has 2 fully saturated rings. The molecular weight excluding hydrogens is 1080 g/mol. The lowest BCUT2D eigenvalue weighted by Crippen LogP contribution is -2.39.